The Hall–Kier alpha value is -1.52. The summed E-state index contributed by atoms with van der Waals surface area (Å²) in [5.74, 6) is 0.00286. The lowest BCUT2D eigenvalue weighted by Crippen LogP contribution is -2.35. The van der Waals surface area contributed by atoms with Gasteiger partial charge in [-0.2, -0.15) is 0 Å². The Morgan fingerprint density at radius 3 is 2.68 bits per heavy atom. The van der Waals surface area contributed by atoms with Crippen LogP contribution in [0.1, 0.15) is 18.9 Å². The molecule has 6 heteroatoms. The van der Waals surface area contributed by atoms with E-state index in [1.165, 1.54) is 6.08 Å². The average Bonchev–Trinajstić information content (AvgIpc) is 2.69. The lowest BCUT2D eigenvalue weighted by molar-refractivity contribution is -0.130. The molecule has 0 unspecified atom stereocenters. The van der Waals surface area contributed by atoms with Crippen LogP contribution in [0.25, 0.3) is 6.08 Å². The maximum Gasteiger partial charge on any atom is 0.246 e. The van der Waals surface area contributed by atoms with Gasteiger partial charge in [0.25, 0.3) is 0 Å². The molecule has 0 radical (unpaired) electrons. The van der Waals surface area contributed by atoms with Crippen molar-refractivity contribution in [1.29, 1.82) is 0 Å². The topological polar surface area (TPSA) is 40.6 Å². The molecule has 118 valence electrons. The van der Waals surface area contributed by atoms with Crippen LogP contribution >= 0.6 is 23.2 Å². The van der Waals surface area contributed by atoms with Crippen molar-refractivity contribution < 1.29 is 9.59 Å². The lowest BCUT2D eigenvalue weighted by atomic mass is 10.2. The van der Waals surface area contributed by atoms with Crippen molar-refractivity contribution in [2.24, 2.45) is 0 Å². The SMILES string of the molecule is CCN1CCN(C(=O)C=Cc2ccc(Cl)c(Cl)c2)CCC1=O. The van der Waals surface area contributed by atoms with E-state index in [1.54, 1.807) is 34.1 Å². The molecule has 0 saturated carbocycles. The molecule has 1 aromatic rings. The Morgan fingerprint density at radius 2 is 2.00 bits per heavy atom. The molecule has 1 aliphatic heterocycles. The van der Waals surface area contributed by atoms with Crippen molar-refractivity contribution in [3.8, 4) is 0 Å². The van der Waals surface area contributed by atoms with Gasteiger partial charge in [0.2, 0.25) is 11.8 Å². The predicted molar refractivity (Wildman–Crippen MR) is 88.9 cm³/mol. The molecule has 1 heterocycles. The second kappa shape index (κ2) is 7.65. The summed E-state index contributed by atoms with van der Waals surface area (Å²) >= 11 is 11.8. The van der Waals surface area contributed by atoms with E-state index in [4.69, 9.17) is 23.2 Å². The third kappa shape index (κ3) is 4.24. The van der Waals surface area contributed by atoms with E-state index < -0.39 is 0 Å². The van der Waals surface area contributed by atoms with Crippen LogP contribution in [0, 0.1) is 0 Å². The maximum atomic E-state index is 12.2. The van der Waals surface area contributed by atoms with E-state index in [2.05, 4.69) is 0 Å². The number of benzene rings is 1. The van der Waals surface area contributed by atoms with E-state index in [1.807, 2.05) is 6.92 Å². The highest BCUT2D eigenvalue weighted by molar-refractivity contribution is 6.42. The first-order chi connectivity index (χ1) is 10.5. The third-order valence-electron chi connectivity index (χ3n) is 3.64. The van der Waals surface area contributed by atoms with Crippen LogP contribution in [0.15, 0.2) is 24.3 Å². The lowest BCUT2D eigenvalue weighted by Gasteiger charge is -2.20. The molecular weight excluding hydrogens is 323 g/mol. The Bertz CT molecular complexity index is 602. The average molecular weight is 341 g/mol. The van der Waals surface area contributed by atoms with Gasteiger partial charge in [0.1, 0.15) is 0 Å². The fourth-order valence-electron chi connectivity index (χ4n) is 2.31. The van der Waals surface area contributed by atoms with Gasteiger partial charge in [-0.05, 0) is 30.7 Å². The van der Waals surface area contributed by atoms with Gasteiger partial charge in [0.15, 0.2) is 0 Å². The monoisotopic (exact) mass is 340 g/mol. The first-order valence-electron chi connectivity index (χ1n) is 7.21. The number of carbonyl (C=O) groups is 2. The van der Waals surface area contributed by atoms with Gasteiger partial charge in [-0.25, -0.2) is 0 Å². The van der Waals surface area contributed by atoms with Crippen LogP contribution in [0.4, 0.5) is 0 Å². The Labute approximate surface area is 140 Å². The molecule has 1 fully saturated rings. The number of nitrogens with zero attached hydrogens (tertiary/aromatic N) is 2. The summed E-state index contributed by atoms with van der Waals surface area (Å²) in [4.78, 5) is 27.5. The molecule has 0 aromatic heterocycles. The van der Waals surface area contributed by atoms with E-state index in [0.29, 0.717) is 42.6 Å². The molecule has 1 aliphatic rings. The maximum absolute atomic E-state index is 12.2. The van der Waals surface area contributed by atoms with E-state index >= 15 is 0 Å². The highest BCUT2D eigenvalue weighted by Crippen LogP contribution is 2.23. The van der Waals surface area contributed by atoms with Crippen LogP contribution < -0.4 is 0 Å². The second-order valence-electron chi connectivity index (χ2n) is 5.06. The first-order valence-corrected chi connectivity index (χ1v) is 7.96. The van der Waals surface area contributed by atoms with Crippen molar-refractivity contribution >= 4 is 41.1 Å². The molecule has 0 bridgehead atoms. The standard InChI is InChI=1S/C16H18Cl2N2O2/c1-2-19-9-10-20(8-7-16(19)22)15(21)6-4-12-3-5-13(17)14(18)11-12/h3-6,11H,2,7-10H2,1H3. The number of amides is 2. The Balaban J connectivity index is 2.00. The quantitative estimate of drug-likeness (QED) is 0.793. The van der Waals surface area contributed by atoms with Crippen molar-refractivity contribution in [3.05, 3.63) is 39.9 Å². The molecule has 4 nitrogen and oxygen atoms in total. The smallest absolute Gasteiger partial charge is 0.246 e. The third-order valence-corrected chi connectivity index (χ3v) is 4.38. The van der Waals surface area contributed by atoms with E-state index in [-0.39, 0.29) is 11.8 Å². The molecule has 0 N–H and O–H groups in total. The number of rotatable bonds is 3. The number of carbonyl (C=O) groups excluding carboxylic acids is 2. The zero-order valence-electron chi connectivity index (χ0n) is 12.4. The van der Waals surface area contributed by atoms with Gasteiger partial charge in [-0.3, -0.25) is 9.59 Å². The molecule has 2 amide bonds. The van der Waals surface area contributed by atoms with Crippen LogP contribution in [0.5, 0.6) is 0 Å². The van der Waals surface area contributed by atoms with E-state index in [0.717, 1.165) is 5.56 Å². The summed E-state index contributed by atoms with van der Waals surface area (Å²) in [5, 5.41) is 0.936. The predicted octanol–water partition coefficient (Wildman–Crippen LogP) is 3.09. The molecular formula is C16H18Cl2N2O2. The second-order valence-corrected chi connectivity index (χ2v) is 5.87. The summed E-state index contributed by atoms with van der Waals surface area (Å²) in [6.07, 6.45) is 3.58. The van der Waals surface area contributed by atoms with Crippen LogP contribution in [0.3, 0.4) is 0 Å². The number of likely N-dealkylation sites (N-methyl/N-ethyl adjacent to an activating group) is 1. The summed E-state index contributed by atoms with van der Waals surface area (Å²) < 4.78 is 0. The van der Waals surface area contributed by atoms with Crippen molar-refractivity contribution in [2.75, 3.05) is 26.2 Å². The highest BCUT2D eigenvalue weighted by Gasteiger charge is 2.21. The molecule has 0 atom stereocenters. The van der Waals surface area contributed by atoms with Gasteiger partial charge in [-0.15, -0.1) is 0 Å². The fourth-order valence-corrected chi connectivity index (χ4v) is 2.62. The highest BCUT2D eigenvalue weighted by atomic mass is 35.5. The first kappa shape index (κ1) is 16.8. The van der Waals surface area contributed by atoms with Crippen LogP contribution in [-0.2, 0) is 9.59 Å². The number of halogens is 2. The number of hydrogen-bond donors (Lipinski definition) is 0. The van der Waals surface area contributed by atoms with Gasteiger partial charge >= 0.3 is 0 Å². The molecule has 0 aliphatic carbocycles. The molecule has 1 saturated heterocycles. The summed E-state index contributed by atoms with van der Waals surface area (Å²) in [6, 6.07) is 5.19. The minimum absolute atomic E-state index is 0.100. The van der Waals surface area contributed by atoms with Gasteiger partial charge in [-0.1, -0.05) is 29.3 Å². The fraction of sp³-hybridized carbons (Fsp3) is 0.375. The van der Waals surface area contributed by atoms with Crippen LogP contribution in [0.2, 0.25) is 10.0 Å². The molecule has 22 heavy (non-hydrogen) atoms. The zero-order valence-corrected chi connectivity index (χ0v) is 13.9. The van der Waals surface area contributed by atoms with Crippen LogP contribution in [-0.4, -0.2) is 47.8 Å². The minimum atomic E-state index is -0.100. The summed E-state index contributed by atoms with van der Waals surface area (Å²) in [7, 11) is 0. The van der Waals surface area contributed by atoms with Crippen molar-refractivity contribution in [3.63, 3.8) is 0 Å². The van der Waals surface area contributed by atoms with E-state index in [9.17, 15) is 9.59 Å². The normalized spacial score (nSPS) is 16.2. The van der Waals surface area contributed by atoms with Gasteiger partial charge in [0.05, 0.1) is 10.0 Å². The number of hydrogen-bond acceptors (Lipinski definition) is 2. The van der Waals surface area contributed by atoms with Crippen molar-refractivity contribution in [2.45, 2.75) is 13.3 Å². The molecule has 0 spiro atoms. The van der Waals surface area contributed by atoms with Crippen molar-refractivity contribution in [1.82, 2.24) is 9.80 Å². The van der Waals surface area contributed by atoms with Gasteiger partial charge < -0.3 is 9.80 Å². The molecule has 2 rings (SSSR count). The summed E-state index contributed by atoms with van der Waals surface area (Å²) in [5.41, 5.74) is 0.809. The van der Waals surface area contributed by atoms with Gasteiger partial charge in [0, 0.05) is 38.7 Å². The Morgan fingerprint density at radius 1 is 1.23 bits per heavy atom. The minimum Gasteiger partial charge on any atom is -0.341 e. The Kier molecular flexibility index (Phi) is 5.86. The summed E-state index contributed by atoms with van der Waals surface area (Å²) in [6.45, 7) is 4.23. The largest absolute Gasteiger partial charge is 0.341 e. The zero-order chi connectivity index (χ0) is 16.1. The molecule has 1 aromatic carbocycles.